The first-order chi connectivity index (χ1) is 12.7. The summed E-state index contributed by atoms with van der Waals surface area (Å²) >= 11 is 7.31. The summed E-state index contributed by atoms with van der Waals surface area (Å²) in [6.45, 7) is 4.30. The molecule has 2 aliphatic rings. The van der Waals surface area contributed by atoms with E-state index in [0.717, 1.165) is 29.7 Å². The van der Waals surface area contributed by atoms with Gasteiger partial charge < -0.3 is 16.4 Å². The van der Waals surface area contributed by atoms with Gasteiger partial charge in [-0.3, -0.25) is 10.1 Å². The van der Waals surface area contributed by atoms with Crippen molar-refractivity contribution in [3.05, 3.63) is 45.3 Å². The van der Waals surface area contributed by atoms with Gasteiger partial charge in [0.1, 0.15) is 5.00 Å². The number of carbonyl (C=O) groups is 2. The lowest BCUT2D eigenvalue weighted by atomic mass is 9.84. The number of carbonyl (C=O) groups excluding carboxylic acids is 2. The molecule has 0 saturated carbocycles. The summed E-state index contributed by atoms with van der Waals surface area (Å²) in [5, 5.41) is 10.3. The van der Waals surface area contributed by atoms with Gasteiger partial charge in [-0.2, -0.15) is 0 Å². The number of hydrogen-bond acceptors (Lipinski definition) is 4. The average molecular weight is 405 g/mol. The van der Waals surface area contributed by atoms with Crippen molar-refractivity contribution in [2.45, 2.75) is 44.2 Å². The Hall–Kier alpha value is -2.09. The zero-order valence-electron chi connectivity index (χ0n) is 15.1. The van der Waals surface area contributed by atoms with Crippen molar-refractivity contribution in [2.75, 3.05) is 10.6 Å². The van der Waals surface area contributed by atoms with Gasteiger partial charge in [0.25, 0.3) is 5.91 Å². The maximum absolute atomic E-state index is 12.4. The third kappa shape index (κ3) is 3.20. The SMILES string of the molecule is CC12CCC(C)(N1)c1c(sc(NC(=O)Nc3ccc(Cl)cc3)c1C(N)=O)C2. The van der Waals surface area contributed by atoms with Gasteiger partial charge in [-0.1, -0.05) is 11.6 Å². The highest BCUT2D eigenvalue weighted by Gasteiger charge is 2.51. The number of anilines is 2. The summed E-state index contributed by atoms with van der Waals surface area (Å²) in [6.07, 6.45) is 2.80. The Bertz CT molecular complexity index is 942. The van der Waals surface area contributed by atoms with E-state index in [1.165, 1.54) is 11.3 Å². The molecule has 1 aromatic carbocycles. The summed E-state index contributed by atoms with van der Waals surface area (Å²) in [5.41, 5.74) is 7.39. The minimum Gasteiger partial charge on any atom is -0.365 e. The van der Waals surface area contributed by atoms with Crippen LogP contribution in [0.25, 0.3) is 0 Å². The van der Waals surface area contributed by atoms with Crippen molar-refractivity contribution >= 4 is 45.6 Å². The topological polar surface area (TPSA) is 96.2 Å². The van der Waals surface area contributed by atoms with E-state index in [-0.39, 0.29) is 11.1 Å². The van der Waals surface area contributed by atoms with E-state index in [9.17, 15) is 9.59 Å². The van der Waals surface area contributed by atoms with Crippen LogP contribution in [0.15, 0.2) is 24.3 Å². The van der Waals surface area contributed by atoms with Gasteiger partial charge in [0.05, 0.1) is 5.56 Å². The van der Waals surface area contributed by atoms with Crippen LogP contribution < -0.4 is 21.7 Å². The molecule has 142 valence electrons. The number of thiophene rings is 1. The summed E-state index contributed by atoms with van der Waals surface area (Å²) < 4.78 is 0. The number of fused-ring (bicyclic) bond motifs is 4. The molecule has 2 bridgehead atoms. The van der Waals surface area contributed by atoms with Gasteiger partial charge in [-0.25, -0.2) is 4.79 Å². The Morgan fingerprint density at radius 1 is 1.19 bits per heavy atom. The first-order valence-corrected chi connectivity index (χ1v) is 9.97. The molecule has 2 aliphatic heterocycles. The fourth-order valence-electron chi connectivity index (χ4n) is 4.30. The van der Waals surface area contributed by atoms with E-state index in [2.05, 4.69) is 29.8 Å². The second-order valence-corrected chi connectivity index (χ2v) is 9.29. The smallest absolute Gasteiger partial charge is 0.324 e. The molecule has 2 atom stereocenters. The molecule has 2 aromatic rings. The first-order valence-electron chi connectivity index (χ1n) is 8.78. The zero-order chi connectivity index (χ0) is 19.4. The Morgan fingerprint density at radius 3 is 2.56 bits per heavy atom. The van der Waals surface area contributed by atoms with Crippen molar-refractivity contribution in [2.24, 2.45) is 5.73 Å². The highest BCUT2D eigenvalue weighted by molar-refractivity contribution is 7.17. The molecule has 0 spiro atoms. The highest BCUT2D eigenvalue weighted by Crippen LogP contribution is 2.51. The predicted octanol–water partition coefficient (Wildman–Crippen LogP) is 4.06. The van der Waals surface area contributed by atoms with Crippen LogP contribution >= 0.6 is 22.9 Å². The maximum Gasteiger partial charge on any atom is 0.324 e. The van der Waals surface area contributed by atoms with Gasteiger partial charge in [0.15, 0.2) is 0 Å². The molecule has 0 aliphatic carbocycles. The predicted molar refractivity (Wildman–Crippen MR) is 109 cm³/mol. The molecular weight excluding hydrogens is 384 g/mol. The molecule has 2 unspecified atom stereocenters. The maximum atomic E-state index is 12.4. The number of urea groups is 1. The number of rotatable bonds is 3. The molecule has 1 aromatic heterocycles. The minimum atomic E-state index is -0.521. The van der Waals surface area contributed by atoms with Gasteiger partial charge in [-0.05, 0) is 51.0 Å². The quantitative estimate of drug-likeness (QED) is 0.621. The molecule has 6 nitrogen and oxygen atoms in total. The summed E-state index contributed by atoms with van der Waals surface area (Å²) in [7, 11) is 0. The Balaban J connectivity index is 1.64. The third-order valence-corrected chi connectivity index (χ3v) is 6.77. The lowest BCUT2D eigenvalue weighted by Gasteiger charge is -2.37. The van der Waals surface area contributed by atoms with Crippen molar-refractivity contribution < 1.29 is 9.59 Å². The summed E-state index contributed by atoms with van der Waals surface area (Å²) in [6, 6.07) is 6.38. The first kappa shape index (κ1) is 18.3. The van der Waals surface area contributed by atoms with Crippen molar-refractivity contribution in [3.63, 3.8) is 0 Å². The second kappa shape index (κ2) is 6.22. The van der Waals surface area contributed by atoms with E-state index in [4.69, 9.17) is 17.3 Å². The van der Waals surface area contributed by atoms with Crippen LogP contribution in [0.2, 0.25) is 5.02 Å². The van der Waals surface area contributed by atoms with E-state index in [1.54, 1.807) is 24.3 Å². The van der Waals surface area contributed by atoms with E-state index >= 15 is 0 Å². The molecule has 5 N–H and O–H groups in total. The summed E-state index contributed by atoms with van der Waals surface area (Å²) in [5.74, 6) is -0.521. The number of primary amides is 1. The molecule has 8 heteroatoms. The number of hydrogen-bond donors (Lipinski definition) is 4. The zero-order valence-corrected chi connectivity index (χ0v) is 16.7. The molecule has 4 rings (SSSR count). The lowest BCUT2D eigenvalue weighted by molar-refractivity contribution is 0.0998. The molecular formula is C19H21ClN4O2S. The fraction of sp³-hybridized carbons (Fsp3) is 0.368. The van der Waals surface area contributed by atoms with Gasteiger partial charge in [0, 0.05) is 38.6 Å². The highest BCUT2D eigenvalue weighted by atomic mass is 35.5. The van der Waals surface area contributed by atoms with E-state index in [0.29, 0.717) is 21.3 Å². The molecule has 3 heterocycles. The van der Waals surface area contributed by atoms with Crippen LogP contribution in [0.4, 0.5) is 15.5 Å². The largest absolute Gasteiger partial charge is 0.365 e. The Morgan fingerprint density at radius 2 is 1.89 bits per heavy atom. The summed E-state index contributed by atoms with van der Waals surface area (Å²) in [4.78, 5) is 25.8. The minimum absolute atomic E-state index is 0.0182. The molecule has 1 saturated heterocycles. The molecule has 3 amide bonds. The van der Waals surface area contributed by atoms with Crippen LogP contribution in [-0.4, -0.2) is 17.5 Å². The fourth-order valence-corrected chi connectivity index (χ4v) is 5.94. The Kier molecular flexibility index (Phi) is 4.21. The van der Waals surface area contributed by atoms with Crippen molar-refractivity contribution in [1.29, 1.82) is 0 Å². The van der Waals surface area contributed by atoms with Crippen LogP contribution in [0.1, 0.15) is 47.5 Å². The van der Waals surface area contributed by atoms with Gasteiger partial charge in [-0.15, -0.1) is 11.3 Å². The Labute approximate surface area is 166 Å². The van der Waals surface area contributed by atoms with Crippen LogP contribution in [-0.2, 0) is 12.0 Å². The van der Waals surface area contributed by atoms with Crippen molar-refractivity contribution in [1.82, 2.24) is 5.32 Å². The molecule has 27 heavy (non-hydrogen) atoms. The van der Waals surface area contributed by atoms with Crippen LogP contribution in [0, 0.1) is 0 Å². The van der Waals surface area contributed by atoms with E-state index < -0.39 is 11.9 Å². The standard InChI is InChI=1S/C19H21ClN4O2S/c1-18-7-8-19(2,24-18)14-12(9-18)27-16(13(14)15(21)25)23-17(26)22-11-5-3-10(20)4-6-11/h3-6,24H,7-9H2,1-2H3,(H2,21,25)(H2,22,23,26). The normalized spacial score (nSPS) is 25.7. The van der Waals surface area contributed by atoms with Crippen LogP contribution in [0.5, 0.6) is 0 Å². The second-order valence-electron chi connectivity index (χ2n) is 7.75. The van der Waals surface area contributed by atoms with Gasteiger partial charge in [0.2, 0.25) is 0 Å². The lowest BCUT2D eigenvalue weighted by Crippen LogP contribution is -2.51. The molecule has 1 fully saturated rings. The number of amides is 3. The number of nitrogens with one attached hydrogen (secondary N) is 3. The number of benzene rings is 1. The van der Waals surface area contributed by atoms with Crippen LogP contribution in [0.3, 0.4) is 0 Å². The number of halogens is 1. The van der Waals surface area contributed by atoms with Gasteiger partial charge >= 0.3 is 6.03 Å². The van der Waals surface area contributed by atoms with E-state index in [1.807, 2.05) is 0 Å². The number of nitrogens with two attached hydrogens (primary N) is 1. The van der Waals surface area contributed by atoms with Crippen molar-refractivity contribution in [3.8, 4) is 0 Å². The third-order valence-electron chi connectivity index (χ3n) is 5.41. The average Bonchev–Trinajstić information content (AvgIpc) is 3.05. The monoisotopic (exact) mass is 404 g/mol. The molecule has 0 radical (unpaired) electrons.